The van der Waals surface area contributed by atoms with Crippen molar-refractivity contribution in [3.05, 3.63) is 0 Å². The average Bonchev–Trinajstić information content (AvgIpc) is 2.23. The summed E-state index contributed by atoms with van der Waals surface area (Å²) in [6.07, 6.45) is -0.638. The molecular weight excluding hydrogens is 226 g/mol. The number of nitrogens with zero attached hydrogens (tertiary/aromatic N) is 1. The Labute approximate surface area is 101 Å². The summed E-state index contributed by atoms with van der Waals surface area (Å²) in [5.74, 6) is -0.952. The van der Waals surface area contributed by atoms with Crippen LogP contribution < -0.4 is 10.6 Å². The monoisotopic (exact) mass is 247 g/mol. The van der Waals surface area contributed by atoms with Gasteiger partial charge in [0.15, 0.2) is 0 Å². The molecular formula is C10H21N3O4. The molecule has 0 radical (unpaired) electrons. The van der Waals surface area contributed by atoms with Gasteiger partial charge in [-0.25, -0.2) is 4.79 Å². The molecule has 0 fully saturated rings. The Morgan fingerprint density at radius 3 is 2.47 bits per heavy atom. The zero-order chi connectivity index (χ0) is 13.3. The fourth-order valence-corrected chi connectivity index (χ4v) is 1.10. The second kappa shape index (κ2) is 8.77. The molecule has 0 heterocycles. The summed E-state index contributed by atoms with van der Waals surface area (Å²) in [5, 5.41) is 13.8. The highest BCUT2D eigenvalue weighted by atomic mass is 16.5. The van der Waals surface area contributed by atoms with Crippen LogP contribution in [0.25, 0.3) is 0 Å². The third-order valence-corrected chi connectivity index (χ3v) is 2.07. The Kier molecular flexibility index (Phi) is 8.08. The van der Waals surface area contributed by atoms with Crippen LogP contribution in [-0.4, -0.2) is 69.0 Å². The van der Waals surface area contributed by atoms with Gasteiger partial charge in [0.25, 0.3) is 0 Å². The topological polar surface area (TPSA) is 90.9 Å². The van der Waals surface area contributed by atoms with Gasteiger partial charge in [0.2, 0.25) is 0 Å². The predicted molar refractivity (Wildman–Crippen MR) is 63.0 cm³/mol. The first-order valence-corrected chi connectivity index (χ1v) is 5.36. The first kappa shape index (κ1) is 15.7. The van der Waals surface area contributed by atoms with Crippen LogP contribution >= 0.6 is 0 Å². The van der Waals surface area contributed by atoms with Gasteiger partial charge >= 0.3 is 12.0 Å². The molecule has 0 saturated carbocycles. The van der Waals surface area contributed by atoms with E-state index >= 15 is 0 Å². The van der Waals surface area contributed by atoms with Crippen molar-refractivity contribution in [2.45, 2.75) is 12.5 Å². The maximum atomic E-state index is 11.3. The van der Waals surface area contributed by atoms with Crippen molar-refractivity contribution in [2.24, 2.45) is 0 Å². The number of methoxy groups -OCH3 is 1. The van der Waals surface area contributed by atoms with Crippen LogP contribution in [0.3, 0.4) is 0 Å². The van der Waals surface area contributed by atoms with Crippen molar-refractivity contribution in [3.8, 4) is 0 Å². The van der Waals surface area contributed by atoms with Crippen molar-refractivity contribution >= 4 is 12.0 Å². The first-order chi connectivity index (χ1) is 7.95. The number of carbonyl (C=O) groups excluding carboxylic acids is 1. The quantitative estimate of drug-likeness (QED) is 0.529. The minimum Gasteiger partial charge on any atom is -0.481 e. The van der Waals surface area contributed by atoms with E-state index in [4.69, 9.17) is 9.84 Å². The van der Waals surface area contributed by atoms with Crippen LogP contribution in [0.4, 0.5) is 4.79 Å². The van der Waals surface area contributed by atoms with E-state index in [2.05, 4.69) is 10.6 Å². The third-order valence-electron chi connectivity index (χ3n) is 2.07. The third kappa shape index (κ3) is 9.58. The van der Waals surface area contributed by atoms with Crippen LogP contribution in [0.1, 0.15) is 6.42 Å². The van der Waals surface area contributed by atoms with Crippen LogP contribution in [0.2, 0.25) is 0 Å². The lowest BCUT2D eigenvalue weighted by molar-refractivity contribution is -0.139. The van der Waals surface area contributed by atoms with Crippen molar-refractivity contribution in [3.63, 3.8) is 0 Å². The molecule has 7 nitrogen and oxygen atoms in total. The molecule has 0 aliphatic heterocycles. The van der Waals surface area contributed by atoms with E-state index in [1.165, 1.54) is 7.11 Å². The Bertz CT molecular complexity index is 246. The van der Waals surface area contributed by atoms with Crippen molar-refractivity contribution in [2.75, 3.05) is 40.8 Å². The molecule has 0 bridgehead atoms. The van der Waals surface area contributed by atoms with E-state index in [0.717, 1.165) is 6.54 Å². The molecule has 2 amide bonds. The summed E-state index contributed by atoms with van der Waals surface area (Å²) in [7, 11) is 5.24. The van der Waals surface area contributed by atoms with Gasteiger partial charge in [-0.05, 0) is 14.1 Å². The Morgan fingerprint density at radius 2 is 2.00 bits per heavy atom. The molecule has 1 atom stereocenters. The summed E-state index contributed by atoms with van der Waals surface area (Å²) in [6, 6.07) is -0.320. The fourth-order valence-electron chi connectivity index (χ4n) is 1.10. The maximum Gasteiger partial charge on any atom is 0.314 e. The Morgan fingerprint density at radius 1 is 1.35 bits per heavy atom. The van der Waals surface area contributed by atoms with E-state index in [1.807, 2.05) is 19.0 Å². The second-order valence-electron chi connectivity index (χ2n) is 3.90. The maximum absolute atomic E-state index is 11.3. The molecule has 0 rings (SSSR count). The summed E-state index contributed by atoms with van der Waals surface area (Å²) >= 11 is 0. The number of hydrogen-bond donors (Lipinski definition) is 3. The van der Waals surface area contributed by atoms with Gasteiger partial charge in [-0.3, -0.25) is 4.79 Å². The van der Waals surface area contributed by atoms with Crippen molar-refractivity contribution in [1.82, 2.24) is 15.5 Å². The molecule has 7 heteroatoms. The summed E-state index contributed by atoms with van der Waals surface area (Å²) in [4.78, 5) is 23.7. The van der Waals surface area contributed by atoms with Crippen LogP contribution in [0, 0.1) is 0 Å². The highest BCUT2D eigenvalue weighted by Gasteiger charge is 2.13. The zero-order valence-corrected chi connectivity index (χ0v) is 10.5. The molecule has 3 N–H and O–H groups in total. The minimum absolute atomic E-state index is 0.130. The number of ether oxygens (including phenoxy) is 1. The highest BCUT2D eigenvalue weighted by molar-refractivity contribution is 5.74. The average molecular weight is 247 g/mol. The van der Waals surface area contributed by atoms with Crippen molar-refractivity contribution in [1.29, 1.82) is 0 Å². The number of likely N-dealkylation sites (N-methyl/N-ethyl adjacent to an activating group) is 1. The van der Waals surface area contributed by atoms with Crippen LogP contribution in [0.15, 0.2) is 0 Å². The molecule has 1 unspecified atom stereocenters. The standard InChI is InChI=1S/C10H21N3O4/c1-13(2)5-4-11-10(16)12-7-8(17-3)6-9(14)15/h8H,4-7H2,1-3H3,(H,14,15)(H2,11,12,16). The molecule has 0 saturated heterocycles. The van der Waals surface area contributed by atoms with Gasteiger partial charge in [0.05, 0.1) is 12.5 Å². The number of carbonyl (C=O) groups is 2. The smallest absolute Gasteiger partial charge is 0.314 e. The minimum atomic E-state index is -0.952. The zero-order valence-electron chi connectivity index (χ0n) is 10.5. The number of carboxylic acid groups (broad SMARTS) is 1. The largest absolute Gasteiger partial charge is 0.481 e. The van der Waals surface area contributed by atoms with E-state index < -0.39 is 12.1 Å². The molecule has 100 valence electrons. The molecule has 0 aliphatic carbocycles. The van der Waals surface area contributed by atoms with E-state index in [9.17, 15) is 9.59 Å². The first-order valence-electron chi connectivity index (χ1n) is 5.36. The number of rotatable bonds is 8. The molecule has 17 heavy (non-hydrogen) atoms. The molecule has 0 aromatic rings. The number of aliphatic carboxylic acids is 1. The fraction of sp³-hybridized carbons (Fsp3) is 0.800. The van der Waals surface area contributed by atoms with Crippen molar-refractivity contribution < 1.29 is 19.4 Å². The SMILES string of the molecule is COC(CNC(=O)NCCN(C)C)CC(=O)O. The lowest BCUT2D eigenvalue weighted by Crippen LogP contribution is -2.42. The number of urea groups is 1. The summed E-state index contributed by atoms with van der Waals surface area (Å²) in [6.45, 7) is 1.46. The molecule has 0 spiro atoms. The summed E-state index contributed by atoms with van der Waals surface area (Å²) < 4.78 is 4.92. The van der Waals surface area contributed by atoms with Crippen LogP contribution in [-0.2, 0) is 9.53 Å². The van der Waals surface area contributed by atoms with Gasteiger partial charge in [-0.2, -0.15) is 0 Å². The Hall–Kier alpha value is -1.34. The number of hydrogen-bond acceptors (Lipinski definition) is 4. The van der Waals surface area contributed by atoms with Gasteiger partial charge in [0, 0.05) is 26.7 Å². The van der Waals surface area contributed by atoms with E-state index in [1.54, 1.807) is 0 Å². The Balaban J connectivity index is 3.69. The lowest BCUT2D eigenvalue weighted by Gasteiger charge is -2.15. The number of carboxylic acids is 1. The predicted octanol–water partition coefficient (Wildman–Crippen LogP) is -0.663. The number of nitrogens with one attached hydrogen (secondary N) is 2. The highest BCUT2D eigenvalue weighted by Crippen LogP contribution is 1.94. The number of amides is 2. The second-order valence-corrected chi connectivity index (χ2v) is 3.90. The normalized spacial score (nSPS) is 12.2. The van der Waals surface area contributed by atoms with Crippen LogP contribution in [0.5, 0.6) is 0 Å². The molecule has 0 aromatic carbocycles. The molecule has 0 aliphatic rings. The van der Waals surface area contributed by atoms with Gasteiger partial charge in [-0.15, -0.1) is 0 Å². The van der Waals surface area contributed by atoms with Gasteiger partial charge < -0.3 is 25.4 Å². The lowest BCUT2D eigenvalue weighted by atomic mass is 10.2. The summed E-state index contributed by atoms with van der Waals surface area (Å²) in [5.41, 5.74) is 0. The van der Waals surface area contributed by atoms with E-state index in [0.29, 0.717) is 6.54 Å². The van der Waals surface area contributed by atoms with E-state index in [-0.39, 0.29) is 19.0 Å². The molecule has 0 aromatic heterocycles. The van der Waals surface area contributed by atoms with Gasteiger partial charge in [-0.1, -0.05) is 0 Å². The van der Waals surface area contributed by atoms with Gasteiger partial charge in [0.1, 0.15) is 0 Å².